The molecule has 0 N–H and O–H groups in total. The van der Waals surface area contributed by atoms with Gasteiger partial charge in [0.15, 0.2) is 6.61 Å². The predicted octanol–water partition coefficient (Wildman–Crippen LogP) is 7.17. The van der Waals surface area contributed by atoms with Crippen LogP contribution >= 0.6 is 0 Å². The van der Waals surface area contributed by atoms with Gasteiger partial charge in [-0.2, -0.15) is 5.10 Å². The normalized spacial score (nSPS) is 19.0. The van der Waals surface area contributed by atoms with Crippen molar-refractivity contribution in [2.75, 3.05) is 44.6 Å². The standard InChI is InChI=1S/C36H38N4O2/c1-38(2)30-17-12-25(13-18-30)22-29-10-7-11-33-35(29)37-40(36(33)27-14-19-31(20-15-27)39(3)4)34(41)24-42-32-21-16-26-8-5-6-9-28(26)23-32/h5-6,8-9,12-23,33,36H,7,10-11,24H2,1-4H3/b29-22-/t33-,36-/m1/s1. The second kappa shape index (κ2) is 11.7. The van der Waals surface area contributed by atoms with E-state index in [1.807, 2.05) is 58.5 Å². The Morgan fingerprint density at radius 2 is 1.55 bits per heavy atom. The monoisotopic (exact) mass is 558 g/mol. The van der Waals surface area contributed by atoms with Gasteiger partial charge in [-0.25, -0.2) is 5.01 Å². The van der Waals surface area contributed by atoms with Crippen LogP contribution in [0.15, 0.2) is 102 Å². The fourth-order valence-corrected chi connectivity index (χ4v) is 6.05. The molecule has 0 aromatic heterocycles. The van der Waals surface area contributed by atoms with Crippen molar-refractivity contribution < 1.29 is 9.53 Å². The van der Waals surface area contributed by atoms with E-state index in [9.17, 15) is 4.79 Å². The number of hydrogen-bond donors (Lipinski definition) is 0. The summed E-state index contributed by atoms with van der Waals surface area (Å²) < 4.78 is 6.04. The van der Waals surface area contributed by atoms with Gasteiger partial charge in [-0.05, 0) is 89.2 Å². The van der Waals surface area contributed by atoms with Crippen molar-refractivity contribution in [3.8, 4) is 5.75 Å². The summed E-state index contributed by atoms with van der Waals surface area (Å²) in [7, 11) is 8.17. The van der Waals surface area contributed by atoms with Gasteiger partial charge in [0.2, 0.25) is 0 Å². The number of fused-ring (bicyclic) bond motifs is 2. The summed E-state index contributed by atoms with van der Waals surface area (Å²) in [4.78, 5) is 18.0. The highest BCUT2D eigenvalue weighted by atomic mass is 16.5. The summed E-state index contributed by atoms with van der Waals surface area (Å²) in [5.41, 5.74) is 6.78. The van der Waals surface area contributed by atoms with Crippen molar-refractivity contribution >= 4 is 39.8 Å². The van der Waals surface area contributed by atoms with Crippen LogP contribution in [0.5, 0.6) is 5.75 Å². The first-order valence-corrected chi connectivity index (χ1v) is 14.6. The van der Waals surface area contributed by atoms with Gasteiger partial charge >= 0.3 is 0 Å². The van der Waals surface area contributed by atoms with Crippen molar-refractivity contribution in [3.63, 3.8) is 0 Å². The van der Waals surface area contributed by atoms with Gasteiger partial charge in [0, 0.05) is 45.5 Å². The summed E-state index contributed by atoms with van der Waals surface area (Å²) in [5, 5.41) is 8.97. The summed E-state index contributed by atoms with van der Waals surface area (Å²) in [6.07, 6.45) is 5.25. The molecule has 1 heterocycles. The third-order valence-corrected chi connectivity index (χ3v) is 8.34. The molecule has 4 aromatic rings. The van der Waals surface area contributed by atoms with Crippen LogP contribution in [0.25, 0.3) is 16.8 Å². The van der Waals surface area contributed by atoms with E-state index in [1.165, 1.54) is 11.3 Å². The number of hydrogen-bond acceptors (Lipinski definition) is 5. The van der Waals surface area contributed by atoms with E-state index in [1.54, 1.807) is 5.01 Å². The van der Waals surface area contributed by atoms with Crippen LogP contribution < -0.4 is 14.5 Å². The Bertz CT molecular complexity index is 1640. The molecule has 1 saturated carbocycles. The first-order chi connectivity index (χ1) is 20.4. The van der Waals surface area contributed by atoms with Crippen molar-refractivity contribution in [2.24, 2.45) is 11.0 Å². The Balaban J connectivity index is 1.30. The fourth-order valence-electron chi connectivity index (χ4n) is 6.05. The topological polar surface area (TPSA) is 48.4 Å². The Morgan fingerprint density at radius 1 is 0.881 bits per heavy atom. The van der Waals surface area contributed by atoms with E-state index in [-0.39, 0.29) is 24.5 Å². The van der Waals surface area contributed by atoms with Gasteiger partial charge in [-0.1, -0.05) is 54.6 Å². The average molecular weight is 559 g/mol. The highest BCUT2D eigenvalue weighted by molar-refractivity contribution is 6.08. The zero-order valence-corrected chi connectivity index (χ0v) is 24.8. The maximum atomic E-state index is 13.8. The van der Waals surface area contributed by atoms with E-state index < -0.39 is 0 Å². The number of nitrogens with zero attached hydrogens (tertiary/aromatic N) is 4. The second-order valence-electron chi connectivity index (χ2n) is 11.6. The van der Waals surface area contributed by atoms with Crippen LogP contribution in [0, 0.1) is 5.92 Å². The molecule has 2 atom stereocenters. The fraction of sp³-hybridized carbons (Fsp3) is 0.278. The lowest BCUT2D eigenvalue weighted by atomic mass is 9.77. The molecule has 1 aliphatic carbocycles. The molecule has 0 saturated heterocycles. The Morgan fingerprint density at radius 3 is 2.24 bits per heavy atom. The molecule has 2 aliphatic rings. The van der Waals surface area contributed by atoms with Crippen LogP contribution in [0.2, 0.25) is 0 Å². The average Bonchev–Trinajstić information content (AvgIpc) is 3.41. The minimum Gasteiger partial charge on any atom is -0.484 e. The smallest absolute Gasteiger partial charge is 0.281 e. The van der Waals surface area contributed by atoms with Gasteiger partial charge in [0.25, 0.3) is 5.91 Å². The van der Waals surface area contributed by atoms with E-state index in [0.717, 1.165) is 52.6 Å². The number of ether oxygens (including phenoxy) is 1. The maximum Gasteiger partial charge on any atom is 0.281 e. The third-order valence-electron chi connectivity index (χ3n) is 8.34. The first-order valence-electron chi connectivity index (χ1n) is 14.6. The number of carbonyl (C=O) groups is 1. The highest BCUT2D eigenvalue weighted by Gasteiger charge is 2.43. The van der Waals surface area contributed by atoms with Crippen LogP contribution in [-0.4, -0.2) is 51.4 Å². The highest BCUT2D eigenvalue weighted by Crippen LogP contribution is 2.44. The van der Waals surface area contributed by atoms with Gasteiger partial charge < -0.3 is 14.5 Å². The Hall–Kier alpha value is -4.58. The second-order valence-corrected chi connectivity index (χ2v) is 11.6. The van der Waals surface area contributed by atoms with Gasteiger partial charge in [-0.15, -0.1) is 0 Å². The van der Waals surface area contributed by atoms with Gasteiger partial charge in [0.05, 0.1) is 11.8 Å². The minimum atomic E-state index is -0.163. The molecule has 0 spiro atoms. The van der Waals surface area contributed by atoms with Crippen molar-refractivity contribution in [2.45, 2.75) is 25.3 Å². The van der Waals surface area contributed by atoms with Crippen LogP contribution in [0.4, 0.5) is 11.4 Å². The molecule has 1 aliphatic heterocycles. The molecule has 6 heteroatoms. The third kappa shape index (κ3) is 5.62. The predicted molar refractivity (Wildman–Crippen MR) is 173 cm³/mol. The quantitative estimate of drug-likeness (QED) is 0.241. The number of rotatable bonds is 7. The molecule has 0 bridgehead atoms. The SMILES string of the molecule is CN(C)c1ccc(/C=C2/CCC[C@@H]3C2=NN(C(=O)COc2ccc4ccccc4c2)[C@@H]3c2ccc(N(C)C)cc2)cc1. The van der Waals surface area contributed by atoms with Crippen molar-refractivity contribution in [3.05, 3.63) is 108 Å². The lowest BCUT2D eigenvalue weighted by Crippen LogP contribution is -2.34. The van der Waals surface area contributed by atoms with Crippen molar-refractivity contribution in [1.29, 1.82) is 0 Å². The molecule has 4 aromatic carbocycles. The van der Waals surface area contributed by atoms with Gasteiger partial charge in [-0.3, -0.25) is 4.79 Å². The Labute approximate surface area is 248 Å². The molecule has 1 fully saturated rings. The largest absolute Gasteiger partial charge is 0.484 e. The summed E-state index contributed by atoms with van der Waals surface area (Å²) in [6.45, 7) is -0.0703. The number of hydrazone groups is 1. The minimum absolute atomic E-state index is 0.0703. The van der Waals surface area contributed by atoms with E-state index in [4.69, 9.17) is 9.84 Å². The molecular weight excluding hydrogens is 520 g/mol. The van der Waals surface area contributed by atoms with E-state index >= 15 is 0 Å². The van der Waals surface area contributed by atoms with E-state index in [0.29, 0.717) is 5.75 Å². The molecule has 1 amide bonds. The summed E-state index contributed by atoms with van der Waals surface area (Å²) >= 11 is 0. The molecule has 0 radical (unpaired) electrons. The Kier molecular flexibility index (Phi) is 7.70. The molecule has 6 nitrogen and oxygen atoms in total. The number of benzene rings is 4. The number of allylic oxidation sites excluding steroid dienone is 1. The number of carbonyl (C=O) groups excluding carboxylic acids is 1. The number of amides is 1. The van der Waals surface area contributed by atoms with Crippen molar-refractivity contribution in [1.82, 2.24) is 5.01 Å². The van der Waals surface area contributed by atoms with Crippen LogP contribution in [0.3, 0.4) is 0 Å². The number of anilines is 2. The lowest BCUT2D eigenvalue weighted by molar-refractivity contribution is -0.135. The molecule has 214 valence electrons. The molecule has 6 rings (SSSR count). The molecule has 0 unspecified atom stereocenters. The van der Waals surface area contributed by atoms with E-state index in [2.05, 4.69) is 76.5 Å². The van der Waals surface area contributed by atoms with Crippen LogP contribution in [-0.2, 0) is 4.79 Å². The van der Waals surface area contributed by atoms with Gasteiger partial charge in [0.1, 0.15) is 5.75 Å². The maximum absolute atomic E-state index is 13.8. The molecular formula is C36H38N4O2. The zero-order valence-electron chi connectivity index (χ0n) is 24.8. The summed E-state index contributed by atoms with van der Waals surface area (Å²) in [5.74, 6) is 0.683. The lowest BCUT2D eigenvalue weighted by Gasteiger charge is -2.30. The first kappa shape index (κ1) is 27.6. The van der Waals surface area contributed by atoms with Crippen LogP contribution in [0.1, 0.15) is 36.4 Å². The zero-order chi connectivity index (χ0) is 29.2. The molecule has 42 heavy (non-hydrogen) atoms. The summed E-state index contributed by atoms with van der Waals surface area (Å²) in [6, 6.07) is 31.0.